The van der Waals surface area contributed by atoms with E-state index in [2.05, 4.69) is 31.3 Å². The van der Waals surface area contributed by atoms with Gasteiger partial charge in [0.05, 0.1) is 0 Å². The zero-order valence-electron chi connectivity index (χ0n) is 9.75. The lowest BCUT2D eigenvalue weighted by atomic mass is 10.1. The van der Waals surface area contributed by atoms with Crippen molar-refractivity contribution in [3.8, 4) is 0 Å². The second-order valence-electron chi connectivity index (χ2n) is 4.43. The van der Waals surface area contributed by atoms with Crippen molar-refractivity contribution in [2.24, 2.45) is 5.92 Å². The molecule has 1 N–H and O–H groups in total. The molecule has 2 rings (SSSR count). The van der Waals surface area contributed by atoms with Crippen LogP contribution in [0.15, 0.2) is 12.1 Å². The van der Waals surface area contributed by atoms with Gasteiger partial charge in [-0.25, -0.2) is 0 Å². The lowest BCUT2D eigenvalue weighted by Crippen LogP contribution is -2.22. The van der Waals surface area contributed by atoms with E-state index < -0.39 is 0 Å². The molecule has 0 aromatic carbocycles. The first kappa shape index (κ1) is 11.2. The van der Waals surface area contributed by atoms with Crippen LogP contribution in [0.1, 0.15) is 48.9 Å². The van der Waals surface area contributed by atoms with Gasteiger partial charge in [-0.05, 0) is 50.3 Å². The van der Waals surface area contributed by atoms with Crippen LogP contribution in [0.2, 0.25) is 0 Å². The Labute approximate surface area is 96.9 Å². The number of aryl methyl sites for hydroxylation is 1. The molecule has 1 heterocycles. The molecule has 1 aliphatic rings. The third kappa shape index (κ3) is 2.82. The van der Waals surface area contributed by atoms with Gasteiger partial charge in [0.15, 0.2) is 0 Å². The predicted octanol–water partition coefficient (Wildman–Crippen LogP) is 3.76. The summed E-state index contributed by atoms with van der Waals surface area (Å²) in [5, 5.41) is 3.70. The maximum atomic E-state index is 3.70. The van der Waals surface area contributed by atoms with Gasteiger partial charge in [0.1, 0.15) is 0 Å². The van der Waals surface area contributed by atoms with Crippen LogP contribution in [-0.4, -0.2) is 6.54 Å². The third-order valence-corrected chi connectivity index (χ3v) is 4.36. The van der Waals surface area contributed by atoms with E-state index in [0.29, 0.717) is 6.04 Å². The molecule has 1 saturated carbocycles. The zero-order chi connectivity index (χ0) is 10.7. The summed E-state index contributed by atoms with van der Waals surface area (Å²) < 4.78 is 0. The molecule has 84 valence electrons. The highest BCUT2D eigenvalue weighted by Gasteiger charge is 2.32. The van der Waals surface area contributed by atoms with Gasteiger partial charge in [-0.3, -0.25) is 0 Å². The van der Waals surface area contributed by atoms with E-state index in [1.54, 1.807) is 4.88 Å². The normalized spacial score (nSPS) is 18.0. The molecule has 0 spiro atoms. The van der Waals surface area contributed by atoms with Crippen molar-refractivity contribution in [2.75, 3.05) is 6.54 Å². The monoisotopic (exact) mass is 223 g/mol. The highest BCUT2D eigenvalue weighted by molar-refractivity contribution is 7.12. The number of rotatable bonds is 6. The topological polar surface area (TPSA) is 12.0 Å². The van der Waals surface area contributed by atoms with Crippen LogP contribution in [0.3, 0.4) is 0 Å². The van der Waals surface area contributed by atoms with Crippen molar-refractivity contribution in [3.63, 3.8) is 0 Å². The summed E-state index contributed by atoms with van der Waals surface area (Å²) in [6, 6.07) is 5.27. The molecule has 0 aliphatic heterocycles. The average Bonchev–Trinajstić information content (AvgIpc) is 2.97. The van der Waals surface area contributed by atoms with Gasteiger partial charge in [0, 0.05) is 15.8 Å². The summed E-state index contributed by atoms with van der Waals surface area (Å²) in [7, 11) is 0. The van der Waals surface area contributed by atoms with Crippen molar-refractivity contribution in [1.82, 2.24) is 5.32 Å². The zero-order valence-corrected chi connectivity index (χ0v) is 10.6. The lowest BCUT2D eigenvalue weighted by molar-refractivity contribution is 0.488. The van der Waals surface area contributed by atoms with Gasteiger partial charge in [0.2, 0.25) is 0 Å². The van der Waals surface area contributed by atoms with Crippen LogP contribution in [-0.2, 0) is 6.42 Å². The fourth-order valence-electron chi connectivity index (χ4n) is 1.98. The highest BCUT2D eigenvalue weighted by Crippen LogP contribution is 2.42. The molecular formula is C13H21NS. The lowest BCUT2D eigenvalue weighted by Gasteiger charge is -2.16. The molecule has 1 unspecified atom stereocenters. The number of hydrogen-bond donors (Lipinski definition) is 1. The summed E-state index contributed by atoms with van der Waals surface area (Å²) in [4.78, 5) is 3.08. The molecule has 15 heavy (non-hydrogen) atoms. The first-order valence-electron chi connectivity index (χ1n) is 6.17. The summed E-state index contributed by atoms with van der Waals surface area (Å²) in [6.45, 7) is 5.63. The van der Waals surface area contributed by atoms with Crippen molar-refractivity contribution < 1.29 is 0 Å². The Hall–Kier alpha value is -0.340. The third-order valence-electron chi connectivity index (χ3n) is 3.05. The smallest absolute Gasteiger partial charge is 0.0443 e. The van der Waals surface area contributed by atoms with E-state index in [9.17, 15) is 0 Å². The van der Waals surface area contributed by atoms with E-state index in [1.165, 1.54) is 30.6 Å². The molecule has 0 saturated heterocycles. The largest absolute Gasteiger partial charge is 0.309 e. The Balaban J connectivity index is 2.02. The van der Waals surface area contributed by atoms with E-state index in [4.69, 9.17) is 0 Å². The van der Waals surface area contributed by atoms with Gasteiger partial charge in [-0.2, -0.15) is 0 Å². The first-order valence-corrected chi connectivity index (χ1v) is 6.98. The summed E-state index contributed by atoms with van der Waals surface area (Å²) in [5.41, 5.74) is 0. The van der Waals surface area contributed by atoms with Crippen LogP contribution in [0, 0.1) is 5.92 Å². The maximum Gasteiger partial charge on any atom is 0.0443 e. The molecule has 1 nitrogen and oxygen atoms in total. The number of thiophene rings is 1. The van der Waals surface area contributed by atoms with Gasteiger partial charge in [-0.15, -0.1) is 11.3 Å². The molecule has 1 aromatic heterocycles. The van der Waals surface area contributed by atoms with Crippen molar-refractivity contribution >= 4 is 11.3 Å². The van der Waals surface area contributed by atoms with Crippen LogP contribution in [0.25, 0.3) is 0 Å². The van der Waals surface area contributed by atoms with Gasteiger partial charge < -0.3 is 5.32 Å². The van der Waals surface area contributed by atoms with Gasteiger partial charge in [-0.1, -0.05) is 13.8 Å². The minimum absolute atomic E-state index is 0.648. The molecule has 2 heteroatoms. The molecule has 1 atom stereocenters. The summed E-state index contributed by atoms with van der Waals surface area (Å²) in [6.07, 6.45) is 5.24. The first-order chi connectivity index (χ1) is 7.35. The Kier molecular flexibility index (Phi) is 3.81. The van der Waals surface area contributed by atoms with Crippen molar-refractivity contribution in [1.29, 1.82) is 0 Å². The second kappa shape index (κ2) is 5.13. The van der Waals surface area contributed by atoms with Crippen molar-refractivity contribution in [3.05, 3.63) is 21.9 Å². The Morgan fingerprint density at radius 3 is 2.73 bits per heavy atom. The van der Waals surface area contributed by atoms with Crippen LogP contribution in [0.4, 0.5) is 0 Å². The van der Waals surface area contributed by atoms with E-state index >= 15 is 0 Å². The molecule has 1 fully saturated rings. The van der Waals surface area contributed by atoms with Crippen LogP contribution in [0.5, 0.6) is 0 Å². The van der Waals surface area contributed by atoms with Gasteiger partial charge >= 0.3 is 0 Å². The average molecular weight is 223 g/mol. The molecular weight excluding hydrogens is 202 g/mol. The maximum absolute atomic E-state index is 3.70. The van der Waals surface area contributed by atoms with Gasteiger partial charge in [0.25, 0.3) is 0 Å². The molecule has 0 bridgehead atoms. The SMILES string of the molecule is CCCNC(c1ccc(CC)s1)C1CC1. The van der Waals surface area contributed by atoms with Crippen LogP contribution >= 0.6 is 11.3 Å². The molecule has 1 aromatic rings. The molecule has 1 aliphatic carbocycles. The Morgan fingerprint density at radius 2 is 2.20 bits per heavy atom. The fraction of sp³-hybridized carbons (Fsp3) is 0.692. The summed E-state index contributed by atoms with van der Waals surface area (Å²) >= 11 is 2.00. The Morgan fingerprint density at radius 1 is 1.40 bits per heavy atom. The van der Waals surface area contributed by atoms with Crippen molar-refractivity contribution in [2.45, 2.75) is 45.6 Å². The van der Waals surface area contributed by atoms with E-state index in [1.807, 2.05) is 11.3 Å². The summed E-state index contributed by atoms with van der Waals surface area (Å²) in [5.74, 6) is 0.917. The molecule has 0 amide bonds. The minimum Gasteiger partial charge on any atom is -0.309 e. The standard InChI is InChI=1S/C13H21NS/c1-3-9-14-13(10-5-6-10)12-8-7-11(4-2)15-12/h7-8,10,13-14H,3-6,9H2,1-2H3. The molecule has 0 radical (unpaired) electrons. The minimum atomic E-state index is 0.648. The van der Waals surface area contributed by atoms with E-state index in [0.717, 1.165) is 12.5 Å². The predicted molar refractivity (Wildman–Crippen MR) is 67.5 cm³/mol. The number of nitrogens with one attached hydrogen (secondary N) is 1. The Bertz CT molecular complexity index is 301. The highest BCUT2D eigenvalue weighted by atomic mass is 32.1. The quantitative estimate of drug-likeness (QED) is 0.774. The van der Waals surface area contributed by atoms with E-state index in [-0.39, 0.29) is 0 Å². The number of hydrogen-bond acceptors (Lipinski definition) is 2. The fourth-order valence-corrected chi connectivity index (χ4v) is 3.10. The second-order valence-corrected chi connectivity index (χ2v) is 5.63. The van der Waals surface area contributed by atoms with Crippen LogP contribution < -0.4 is 5.32 Å².